The van der Waals surface area contributed by atoms with Gasteiger partial charge in [0.15, 0.2) is 5.11 Å². The number of aromatic nitrogens is 1. The average Bonchev–Trinajstić information content (AvgIpc) is 2.87. The Bertz CT molecular complexity index is 653. The zero-order valence-electron chi connectivity index (χ0n) is 11.3. The van der Waals surface area contributed by atoms with Gasteiger partial charge in [-0.25, -0.2) is 4.39 Å². The number of carbonyl (C=O) groups excluding carboxylic acids is 1. The largest absolute Gasteiger partial charge is 0.364 e. The normalized spacial score (nSPS) is 11.7. The Labute approximate surface area is 126 Å². The van der Waals surface area contributed by atoms with Crippen LogP contribution < -0.4 is 16.5 Å². The van der Waals surface area contributed by atoms with Crippen molar-refractivity contribution in [2.45, 2.75) is 13.0 Å². The highest BCUT2D eigenvalue weighted by molar-refractivity contribution is 7.80. The third-order valence-corrected chi connectivity index (χ3v) is 3.15. The first-order chi connectivity index (χ1) is 9.97. The van der Waals surface area contributed by atoms with Crippen LogP contribution in [-0.4, -0.2) is 15.7 Å². The molecule has 5 nitrogen and oxygen atoms in total. The van der Waals surface area contributed by atoms with E-state index < -0.39 is 5.91 Å². The number of amides is 1. The van der Waals surface area contributed by atoms with Gasteiger partial charge in [0, 0.05) is 6.20 Å². The Kier molecular flexibility index (Phi) is 4.54. The molecule has 1 heterocycles. The highest BCUT2D eigenvalue weighted by atomic mass is 32.1. The summed E-state index contributed by atoms with van der Waals surface area (Å²) in [5.41, 5.74) is 9.28. The molecular formula is C14H15FN4OS. The monoisotopic (exact) mass is 306 g/mol. The molecule has 0 fully saturated rings. The van der Waals surface area contributed by atoms with Crippen molar-refractivity contribution in [2.24, 2.45) is 5.73 Å². The van der Waals surface area contributed by atoms with E-state index >= 15 is 0 Å². The minimum atomic E-state index is -0.554. The second-order valence-corrected chi connectivity index (χ2v) is 4.89. The van der Waals surface area contributed by atoms with Crippen LogP contribution in [0.3, 0.4) is 0 Å². The number of nitrogens with one attached hydrogen (secondary N) is 2. The van der Waals surface area contributed by atoms with Crippen molar-refractivity contribution in [3.8, 4) is 0 Å². The van der Waals surface area contributed by atoms with E-state index in [4.69, 9.17) is 18.0 Å². The summed E-state index contributed by atoms with van der Waals surface area (Å²) in [7, 11) is 0. The molecule has 7 heteroatoms. The summed E-state index contributed by atoms with van der Waals surface area (Å²) in [6.45, 7) is 1.89. The van der Waals surface area contributed by atoms with Crippen molar-refractivity contribution < 1.29 is 9.18 Å². The Morgan fingerprint density at radius 3 is 2.62 bits per heavy atom. The molecule has 2 rings (SSSR count). The van der Waals surface area contributed by atoms with Crippen LogP contribution in [0.4, 0.5) is 4.39 Å². The first-order valence-electron chi connectivity index (χ1n) is 6.27. The summed E-state index contributed by atoms with van der Waals surface area (Å²) in [5, 5.41) is 3.37. The number of thiocarbonyl (C=S) groups is 1. The van der Waals surface area contributed by atoms with E-state index in [0.29, 0.717) is 10.8 Å². The number of halogens is 1. The number of carbonyl (C=O) groups is 1. The van der Waals surface area contributed by atoms with Crippen LogP contribution in [0.1, 0.15) is 29.0 Å². The predicted octanol–water partition coefficient (Wildman–Crippen LogP) is 1.91. The topological polar surface area (TPSA) is 72.1 Å². The quantitative estimate of drug-likeness (QED) is 0.755. The van der Waals surface area contributed by atoms with E-state index in [1.54, 1.807) is 30.5 Å². The van der Waals surface area contributed by atoms with Crippen molar-refractivity contribution in [2.75, 3.05) is 5.43 Å². The summed E-state index contributed by atoms with van der Waals surface area (Å²) in [4.78, 5) is 11.2. The summed E-state index contributed by atoms with van der Waals surface area (Å²) >= 11 is 5.18. The van der Waals surface area contributed by atoms with Crippen LogP contribution in [-0.2, 0) is 0 Å². The van der Waals surface area contributed by atoms with E-state index in [0.717, 1.165) is 5.56 Å². The van der Waals surface area contributed by atoms with E-state index in [2.05, 4.69) is 10.7 Å². The van der Waals surface area contributed by atoms with Gasteiger partial charge >= 0.3 is 0 Å². The lowest BCUT2D eigenvalue weighted by Gasteiger charge is -2.18. The molecule has 0 aliphatic carbocycles. The lowest BCUT2D eigenvalue weighted by atomic mass is 10.1. The van der Waals surface area contributed by atoms with Crippen LogP contribution in [0.25, 0.3) is 0 Å². The van der Waals surface area contributed by atoms with E-state index in [1.165, 1.54) is 16.8 Å². The summed E-state index contributed by atoms with van der Waals surface area (Å²) in [6.07, 6.45) is 1.64. The minimum Gasteiger partial charge on any atom is -0.364 e. The molecule has 0 unspecified atom stereocenters. The molecule has 4 N–H and O–H groups in total. The maximum Gasteiger partial charge on any atom is 0.267 e. The molecule has 0 aliphatic heterocycles. The number of benzene rings is 1. The Morgan fingerprint density at radius 2 is 2.00 bits per heavy atom. The van der Waals surface area contributed by atoms with Gasteiger partial charge in [-0.15, -0.1) is 0 Å². The van der Waals surface area contributed by atoms with E-state index in [1.807, 2.05) is 6.92 Å². The first-order valence-corrected chi connectivity index (χ1v) is 6.68. The van der Waals surface area contributed by atoms with Gasteiger partial charge in [-0.3, -0.25) is 14.9 Å². The molecule has 2 aromatic rings. The molecule has 0 saturated carbocycles. The third-order valence-electron chi connectivity index (χ3n) is 2.94. The zero-order chi connectivity index (χ0) is 15.4. The van der Waals surface area contributed by atoms with Gasteiger partial charge < -0.3 is 11.1 Å². The molecule has 0 spiro atoms. The minimum absolute atomic E-state index is 0.113. The highest BCUT2D eigenvalue weighted by Crippen LogP contribution is 2.12. The zero-order valence-corrected chi connectivity index (χ0v) is 12.2. The van der Waals surface area contributed by atoms with Crippen LogP contribution >= 0.6 is 12.2 Å². The fraction of sp³-hybridized carbons (Fsp3) is 0.143. The van der Waals surface area contributed by atoms with Gasteiger partial charge in [-0.05, 0) is 49.0 Å². The molecule has 0 aliphatic rings. The number of primary amides is 1. The molecule has 21 heavy (non-hydrogen) atoms. The second-order valence-electron chi connectivity index (χ2n) is 4.49. The predicted molar refractivity (Wildman–Crippen MR) is 82.9 cm³/mol. The molecule has 0 radical (unpaired) electrons. The van der Waals surface area contributed by atoms with Crippen molar-refractivity contribution in [3.63, 3.8) is 0 Å². The van der Waals surface area contributed by atoms with Crippen LogP contribution in [0, 0.1) is 5.82 Å². The van der Waals surface area contributed by atoms with Gasteiger partial charge in [0.05, 0.1) is 6.04 Å². The smallest absolute Gasteiger partial charge is 0.267 e. The molecule has 0 saturated heterocycles. The fourth-order valence-electron chi connectivity index (χ4n) is 1.85. The first kappa shape index (κ1) is 15.0. The molecule has 110 valence electrons. The van der Waals surface area contributed by atoms with Crippen LogP contribution in [0.2, 0.25) is 0 Å². The third kappa shape index (κ3) is 3.79. The van der Waals surface area contributed by atoms with E-state index in [-0.39, 0.29) is 11.9 Å². The Hall–Kier alpha value is -2.41. The summed E-state index contributed by atoms with van der Waals surface area (Å²) in [6, 6.07) is 9.29. The van der Waals surface area contributed by atoms with E-state index in [9.17, 15) is 9.18 Å². The van der Waals surface area contributed by atoms with Crippen molar-refractivity contribution >= 4 is 23.2 Å². The van der Waals surface area contributed by atoms with Gasteiger partial charge in [0.25, 0.3) is 5.91 Å². The lowest BCUT2D eigenvalue weighted by molar-refractivity contribution is 0.0993. The fourth-order valence-corrected chi connectivity index (χ4v) is 2.13. The highest BCUT2D eigenvalue weighted by Gasteiger charge is 2.10. The van der Waals surface area contributed by atoms with Gasteiger partial charge in [0.2, 0.25) is 0 Å². The van der Waals surface area contributed by atoms with Crippen molar-refractivity contribution in [1.82, 2.24) is 9.99 Å². The SMILES string of the molecule is C[C@H](NC(=S)Nn1cccc1C(N)=O)c1ccc(F)cc1. The summed E-state index contributed by atoms with van der Waals surface area (Å²) in [5.74, 6) is -0.841. The molecule has 1 aromatic heterocycles. The standard InChI is InChI=1S/C14H15FN4OS/c1-9(10-4-6-11(15)7-5-10)17-14(21)18-19-8-2-3-12(19)13(16)20/h2-9H,1H3,(H2,16,20)(H2,17,18,21)/t9-/m0/s1. The molecule has 0 bridgehead atoms. The lowest BCUT2D eigenvalue weighted by Crippen LogP contribution is -2.36. The molecular weight excluding hydrogens is 291 g/mol. The number of nitrogens with zero attached hydrogens (tertiary/aromatic N) is 1. The van der Waals surface area contributed by atoms with Crippen LogP contribution in [0.5, 0.6) is 0 Å². The number of hydrogen-bond acceptors (Lipinski definition) is 2. The number of nitrogens with two attached hydrogens (primary N) is 1. The second kappa shape index (κ2) is 6.36. The van der Waals surface area contributed by atoms with Gasteiger partial charge in [-0.1, -0.05) is 12.1 Å². The van der Waals surface area contributed by atoms with Gasteiger partial charge in [-0.2, -0.15) is 0 Å². The van der Waals surface area contributed by atoms with Gasteiger partial charge in [0.1, 0.15) is 11.5 Å². The number of hydrogen-bond donors (Lipinski definition) is 3. The average molecular weight is 306 g/mol. The van der Waals surface area contributed by atoms with Crippen molar-refractivity contribution in [3.05, 3.63) is 59.7 Å². The molecule has 1 atom stereocenters. The number of rotatable bonds is 4. The molecule has 1 aromatic carbocycles. The maximum absolute atomic E-state index is 12.9. The maximum atomic E-state index is 12.9. The summed E-state index contributed by atoms with van der Waals surface area (Å²) < 4.78 is 14.3. The van der Waals surface area contributed by atoms with Crippen molar-refractivity contribution in [1.29, 1.82) is 0 Å². The molecule has 1 amide bonds. The Morgan fingerprint density at radius 1 is 1.33 bits per heavy atom. The van der Waals surface area contributed by atoms with Crippen LogP contribution in [0.15, 0.2) is 42.6 Å². The Balaban J connectivity index is 1.99.